The number of piperidine rings is 1. The average molecular weight is 710 g/mol. The van der Waals surface area contributed by atoms with Crippen LogP contribution in [0.1, 0.15) is 133 Å². The van der Waals surface area contributed by atoms with E-state index in [0.29, 0.717) is 25.7 Å². The van der Waals surface area contributed by atoms with Crippen molar-refractivity contribution in [3.63, 3.8) is 0 Å². The number of ketones is 1. The number of urea groups is 1. The van der Waals surface area contributed by atoms with Crippen LogP contribution in [0.5, 0.6) is 0 Å². The van der Waals surface area contributed by atoms with Crippen LogP contribution in [-0.2, 0) is 29.0 Å². The molecule has 2 aliphatic carbocycles. The molecule has 1 saturated heterocycles. The molecule has 4 atom stereocenters. The van der Waals surface area contributed by atoms with Gasteiger partial charge in [-0.15, -0.1) is 0 Å². The molecule has 49 heavy (non-hydrogen) atoms. The maximum absolute atomic E-state index is 14.5. The van der Waals surface area contributed by atoms with Crippen molar-refractivity contribution in [2.75, 3.05) is 12.3 Å². The Balaban J connectivity index is 1.87. The minimum absolute atomic E-state index is 0.00177. The Morgan fingerprint density at radius 1 is 0.918 bits per heavy atom. The molecule has 0 bridgehead atoms. The van der Waals surface area contributed by atoms with Crippen molar-refractivity contribution in [1.29, 1.82) is 0 Å². The van der Waals surface area contributed by atoms with Gasteiger partial charge in [0.25, 0.3) is 5.91 Å². The first-order valence-corrected chi connectivity index (χ1v) is 19.8. The van der Waals surface area contributed by atoms with E-state index in [1.54, 1.807) is 20.8 Å². The number of nitrogens with zero attached hydrogens (tertiary/aromatic N) is 1. The van der Waals surface area contributed by atoms with Gasteiger partial charge in [0.15, 0.2) is 9.84 Å². The number of Topliss-reactive ketones (excluding diaryl/α,β-unsaturated/α-hetero) is 1. The molecule has 1 aliphatic heterocycles. The molecular formula is C36H63N5O7S. The van der Waals surface area contributed by atoms with E-state index in [0.717, 1.165) is 32.1 Å². The van der Waals surface area contributed by atoms with Gasteiger partial charge in [-0.1, -0.05) is 74.1 Å². The first-order valence-electron chi connectivity index (χ1n) is 18.2. The molecule has 0 radical (unpaired) electrons. The Morgan fingerprint density at radius 3 is 2.02 bits per heavy atom. The van der Waals surface area contributed by atoms with E-state index in [2.05, 4.69) is 21.3 Å². The molecule has 13 heteroatoms. The first kappa shape index (κ1) is 40.7. The molecule has 0 spiro atoms. The second kappa shape index (κ2) is 15.3. The van der Waals surface area contributed by atoms with Crippen molar-refractivity contribution in [2.45, 2.75) is 168 Å². The summed E-state index contributed by atoms with van der Waals surface area (Å²) in [6, 6.07) is -3.63. The fourth-order valence-corrected chi connectivity index (χ4v) is 8.28. The Hall–Kier alpha value is -2.70. The summed E-state index contributed by atoms with van der Waals surface area (Å²) in [5.74, 6) is -2.52. The monoisotopic (exact) mass is 709 g/mol. The van der Waals surface area contributed by atoms with Crippen LogP contribution >= 0.6 is 0 Å². The van der Waals surface area contributed by atoms with Gasteiger partial charge in [-0.05, 0) is 76.0 Å². The van der Waals surface area contributed by atoms with E-state index in [1.165, 1.54) is 4.90 Å². The van der Waals surface area contributed by atoms with Crippen LogP contribution in [0.3, 0.4) is 0 Å². The number of nitrogens with one attached hydrogen (secondary N) is 4. The number of hydrogen-bond donors (Lipinski definition) is 4. The summed E-state index contributed by atoms with van der Waals surface area (Å²) in [7, 11) is -3.57. The predicted octanol–water partition coefficient (Wildman–Crippen LogP) is 4.01. The fourth-order valence-electron chi connectivity index (χ4n) is 6.76. The van der Waals surface area contributed by atoms with E-state index in [9.17, 15) is 32.4 Å². The van der Waals surface area contributed by atoms with Gasteiger partial charge in [0, 0.05) is 12.6 Å². The lowest BCUT2D eigenvalue weighted by molar-refractivity contribution is -0.151. The molecule has 3 aliphatic rings. The molecule has 3 rings (SSSR count). The summed E-state index contributed by atoms with van der Waals surface area (Å²) >= 11 is 0. The third-order valence-electron chi connectivity index (χ3n) is 10.8. The van der Waals surface area contributed by atoms with Gasteiger partial charge in [-0.3, -0.25) is 19.2 Å². The van der Waals surface area contributed by atoms with Crippen molar-refractivity contribution in [3.05, 3.63) is 0 Å². The highest BCUT2D eigenvalue weighted by molar-refractivity contribution is 7.92. The van der Waals surface area contributed by atoms with E-state index in [4.69, 9.17) is 0 Å². The number of carbonyl (C=O) groups excluding carboxylic acids is 5. The summed E-state index contributed by atoms with van der Waals surface area (Å²) in [4.78, 5) is 69.6. The second-order valence-corrected chi connectivity index (χ2v) is 20.4. The van der Waals surface area contributed by atoms with Gasteiger partial charge in [0.2, 0.25) is 17.6 Å². The van der Waals surface area contributed by atoms with Gasteiger partial charge in [-0.25, -0.2) is 13.2 Å². The zero-order chi connectivity index (χ0) is 37.2. The zero-order valence-corrected chi connectivity index (χ0v) is 32.4. The maximum Gasteiger partial charge on any atom is 0.315 e. The first-order chi connectivity index (χ1) is 22.4. The molecule has 1 heterocycles. The van der Waals surface area contributed by atoms with Gasteiger partial charge in [0.1, 0.15) is 12.1 Å². The second-order valence-electron chi connectivity index (χ2n) is 17.7. The van der Waals surface area contributed by atoms with Crippen LogP contribution in [0.15, 0.2) is 0 Å². The topological polar surface area (TPSA) is 171 Å². The number of amides is 5. The molecule has 0 aromatic rings. The lowest BCUT2D eigenvalue weighted by Gasteiger charge is -2.49. The SMILES string of the molecule is CCC[C@H](NC(=O)[C@@H]1CC(C)(C)C(C)CN1C(=O)[C@@H](NC(=O)NC1(CS(=O)(=O)C(C)(C)C)CCCCC1)C(C)(C)C)C(=O)C(=O)NC1CC1. The van der Waals surface area contributed by atoms with E-state index in [-0.39, 0.29) is 36.1 Å². The summed E-state index contributed by atoms with van der Waals surface area (Å²) in [5, 5.41) is 11.4. The lowest BCUT2D eigenvalue weighted by atomic mass is 9.71. The van der Waals surface area contributed by atoms with Gasteiger partial charge in [0.05, 0.1) is 22.1 Å². The van der Waals surface area contributed by atoms with E-state index < -0.39 is 73.2 Å². The van der Waals surface area contributed by atoms with Gasteiger partial charge in [-0.2, -0.15) is 0 Å². The number of carbonyl (C=O) groups is 5. The molecule has 0 aromatic heterocycles. The highest BCUT2D eigenvalue weighted by Gasteiger charge is 2.49. The minimum Gasteiger partial charge on any atom is -0.347 e. The van der Waals surface area contributed by atoms with Crippen LogP contribution in [0.4, 0.5) is 4.79 Å². The average Bonchev–Trinajstić information content (AvgIpc) is 3.79. The number of likely N-dealkylation sites (tertiary alicyclic amines) is 1. The normalized spacial score (nSPS) is 23.8. The van der Waals surface area contributed by atoms with Crippen molar-refractivity contribution in [1.82, 2.24) is 26.2 Å². The Bertz CT molecular complexity index is 1350. The summed E-state index contributed by atoms with van der Waals surface area (Å²) in [6.07, 6.45) is 6.36. The summed E-state index contributed by atoms with van der Waals surface area (Å²) < 4.78 is 25.6. The van der Waals surface area contributed by atoms with Gasteiger partial charge >= 0.3 is 6.03 Å². The Labute approximate surface area is 294 Å². The van der Waals surface area contributed by atoms with Crippen LogP contribution in [-0.4, -0.2) is 89.6 Å². The van der Waals surface area contributed by atoms with Crippen molar-refractivity contribution >= 4 is 39.4 Å². The molecule has 2 saturated carbocycles. The Morgan fingerprint density at radius 2 is 1.51 bits per heavy atom. The predicted molar refractivity (Wildman–Crippen MR) is 190 cm³/mol. The fraction of sp³-hybridized carbons (Fsp3) is 0.861. The van der Waals surface area contributed by atoms with Crippen molar-refractivity contribution < 1.29 is 32.4 Å². The van der Waals surface area contributed by atoms with Crippen molar-refractivity contribution in [3.8, 4) is 0 Å². The van der Waals surface area contributed by atoms with Gasteiger partial charge < -0.3 is 26.2 Å². The highest BCUT2D eigenvalue weighted by Crippen LogP contribution is 2.40. The van der Waals surface area contributed by atoms with Crippen LogP contribution < -0.4 is 21.3 Å². The van der Waals surface area contributed by atoms with Crippen LogP contribution in [0.25, 0.3) is 0 Å². The quantitative estimate of drug-likeness (QED) is 0.222. The summed E-state index contributed by atoms with van der Waals surface area (Å²) in [5.41, 5.74) is -2.05. The highest BCUT2D eigenvalue weighted by atomic mass is 32.2. The zero-order valence-electron chi connectivity index (χ0n) is 31.6. The van der Waals surface area contributed by atoms with E-state index in [1.807, 2.05) is 48.5 Å². The molecule has 280 valence electrons. The lowest BCUT2D eigenvalue weighted by Crippen LogP contribution is -2.66. The number of hydrogen-bond acceptors (Lipinski definition) is 7. The largest absolute Gasteiger partial charge is 0.347 e. The Kier molecular flexibility index (Phi) is 12.7. The minimum atomic E-state index is -3.57. The third-order valence-corrected chi connectivity index (χ3v) is 13.6. The molecule has 4 N–H and O–H groups in total. The molecule has 5 amide bonds. The standard InChI is InChI=1S/C36H63N5O7S/c1-11-15-25(27(42)30(44)37-24-16-17-24)38-29(43)26-20-35(9,10)23(2)21-41(26)31(45)28(33(3,4)5)39-32(46)40-36(18-13-12-14-19-36)22-49(47,48)34(6,7)8/h23-26,28H,11-22H2,1-10H3,(H,37,44)(H,38,43)(H2,39,40,46)/t23?,25-,26-,28+/m0/s1. The molecule has 3 fully saturated rings. The van der Waals surface area contributed by atoms with Crippen LogP contribution in [0, 0.1) is 16.7 Å². The van der Waals surface area contributed by atoms with Crippen molar-refractivity contribution in [2.24, 2.45) is 16.7 Å². The molecule has 0 aromatic carbocycles. The number of rotatable bonds is 12. The molecule has 12 nitrogen and oxygen atoms in total. The number of sulfone groups is 1. The molecule has 1 unspecified atom stereocenters. The van der Waals surface area contributed by atoms with Crippen LogP contribution in [0.2, 0.25) is 0 Å². The third kappa shape index (κ3) is 10.4. The smallest absolute Gasteiger partial charge is 0.315 e. The van der Waals surface area contributed by atoms with E-state index >= 15 is 0 Å². The summed E-state index contributed by atoms with van der Waals surface area (Å²) in [6.45, 7) is 18.7. The molecular weight excluding hydrogens is 646 g/mol. The maximum atomic E-state index is 14.5.